The molecule has 0 saturated heterocycles. The van der Waals surface area contributed by atoms with Gasteiger partial charge in [0.1, 0.15) is 17.0 Å². The lowest BCUT2D eigenvalue weighted by Gasteiger charge is -2.07. The fourth-order valence-corrected chi connectivity index (χ4v) is 3.65. The third-order valence-electron chi connectivity index (χ3n) is 4.36. The number of aliphatic hydroxyl groups is 1. The first-order valence-electron chi connectivity index (χ1n) is 9.59. The number of aromatic nitrogens is 1. The van der Waals surface area contributed by atoms with E-state index in [4.69, 9.17) is 9.84 Å². The molecule has 1 heterocycles. The number of azo groups is 1. The predicted octanol–water partition coefficient (Wildman–Crippen LogP) is 3.21. The minimum atomic E-state index is -4.41. The van der Waals surface area contributed by atoms with E-state index in [0.29, 0.717) is 6.54 Å². The van der Waals surface area contributed by atoms with E-state index < -0.39 is 10.4 Å². The van der Waals surface area contributed by atoms with Gasteiger partial charge in [-0.2, -0.15) is 0 Å². The molecular formula is C20H26N4O6S2. The molecule has 0 aliphatic rings. The third-order valence-corrected chi connectivity index (χ3v) is 5.85. The number of aryl methyl sites for hydroxylation is 2. The monoisotopic (exact) mass is 482 g/mol. The molecule has 0 atom stereocenters. The van der Waals surface area contributed by atoms with E-state index in [1.54, 1.807) is 18.4 Å². The van der Waals surface area contributed by atoms with E-state index in [0.717, 1.165) is 46.0 Å². The summed E-state index contributed by atoms with van der Waals surface area (Å²) >= 11 is 1.57. The van der Waals surface area contributed by atoms with Crippen molar-refractivity contribution in [2.24, 2.45) is 17.3 Å². The summed E-state index contributed by atoms with van der Waals surface area (Å²) in [5.74, 6) is 0.827. The van der Waals surface area contributed by atoms with E-state index in [-0.39, 0.29) is 6.61 Å². The van der Waals surface area contributed by atoms with Gasteiger partial charge in [0.15, 0.2) is 0 Å². The van der Waals surface area contributed by atoms with Crippen LogP contribution in [0.1, 0.15) is 12.5 Å². The van der Waals surface area contributed by atoms with Crippen LogP contribution in [-0.4, -0.2) is 45.4 Å². The summed E-state index contributed by atoms with van der Waals surface area (Å²) in [7, 11) is 0.0357. The molecule has 174 valence electrons. The van der Waals surface area contributed by atoms with Crippen molar-refractivity contribution in [1.29, 1.82) is 0 Å². The van der Waals surface area contributed by atoms with Crippen LogP contribution in [0.4, 0.5) is 16.5 Å². The summed E-state index contributed by atoms with van der Waals surface area (Å²) in [6, 6.07) is 12.0. The number of benzene rings is 2. The number of rotatable bonds is 8. The van der Waals surface area contributed by atoms with Gasteiger partial charge < -0.3 is 19.7 Å². The minimum absolute atomic E-state index is 0.0695. The summed E-state index contributed by atoms with van der Waals surface area (Å²) < 4.78 is 39.4. The number of anilines is 1. The Bertz CT molecular complexity index is 1180. The van der Waals surface area contributed by atoms with Crippen LogP contribution in [0, 0.1) is 0 Å². The summed E-state index contributed by atoms with van der Waals surface area (Å²) in [6.07, 6.45) is 0.943. The van der Waals surface area contributed by atoms with Crippen molar-refractivity contribution >= 4 is 48.5 Å². The average molecular weight is 483 g/mol. The SMILES string of the molecule is CCc1ccc(N=Nc2sc3cc(OC)ccc3[n+]2C)c(NCCO)c1.COS(=O)(=O)[O-]. The number of methoxy groups -OCH3 is 1. The normalized spacial score (nSPS) is 11.4. The smallest absolute Gasteiger partial charge is 0.409 e. The van der Waals surface area contributed by atoms with Crippen molar-refractivity contribution in [3.8, 4) is 5.75 Å². The van der Waals surface area contributed by atoms with Gasteiger partial charge in [0.25, 0.3) is 0 Å². The molecule has 12 heteroatoms. The van der Waals surface area contributed by atoms with Crippen LogP contribution in [0.25, 0.3) is 10.2 Å². The number of nitrogens with one attached hydrogen (secondary N) is 1. The molecule has 3 rings (SSSR count). The number of hydrogen-bond donors (Lipinski definition) is 2. The van der Waals surface area contributed by atoms with Gasteiger partial charge in [-0.1, -0.05) is 13.0 Å². The Morgan fingerprint density at radius 3 is 2.50 bits per heavy atom. The quantitative estimate of drug-likeness (QED) is 0.218. The molecule has 0 radical (unpaired) electrons. The molecule has 0 spiro atoms. The van der Waals surface area contributed by atoms with Crippen molar-refractivity contribution in [2.75, 3.05) is 32.7 Å². The molecule has 1 aromatic heterocycles. The zero-order valence-corrected chi connectivity index (χ0v) is 19.9. The molecule has 0 saturated carbocycles. The van der Waals surface area contributed by atoms with Gasteiger partial charge in [-0.15, -0.1) is 0 Å². The Labute approximate surface area is 191 Å². The first-order valence-corrected chi connectivity index (χ1v) is 11.7. The Balaban J connectivity index is 0.000000534. The molecule has 0 fully saturated rings. The van der Waals surface area contributed by atoms with Gasteiger partial charge in [0.05, 0.1) is 43.4 Å². The fourth-order valence-electron chi connectivity index (χ4n) is 2.66. The maximum Gasteiger partial charge on any atom is 0.409 e. The van der Waals surface area contributed by atoms with Gasteiger partial charge >= 0.3 is 5.13 Å². The van der Waals surface area contributed by atoms with Crippen LogP contribution in [-0.2, 0) is 28.1 Å². The molecule has 0 aliphatic heterocycles. The number of aliphatic hydroxyl groups excluding tert-OH is 1. The second-order valence-corrected chi connectivity index (χ2v) is 8.57. The molecule has 2 N–H and O–H groups in total. The van der Waals surface area contributed by atoms with Crippen molar-refractivity contribution in [2.45, 2.75) is 13.3 Å². The molecule has 3 aromatic rings. The first-order chi connectivity index (χ1) is 15.2. The van der Waals surface area contributed by atoms with Gasteiger partial charge in [-0.25, -0.2) is 13.0 Å². The lowest BCUT2D eigenvalue weighted by molar-refractivity contribution is -0.627. The van der Waals surface area contributed by atoms with Crippen molar-refractivity contribution in [3.63, 3.8) is 0 Å². The topological polar surface area (TPSA) is 137 Å². The number of hydrogen-bond acceptors (Lipinski definition) is 10. The zero-order chi connectivity index (χ0) is 23.7. The molecule has 10 nitrogen and oxygen atoms in total. The standard InChI is InChI=1S/C19H22N4O2S.CH4O4S/c1-4-13-5-7-15(16(11-13)20-9-10-24)21-22-19-23(2)17-8-6-14(25-3)12-18(17)26-19;1-5-6(2,3)4/h5-8,11-12,24H,4,9-10H2,1-3H3;1H3,(H,2,3,4). The van der Waals surface area contributed by atoms with Crippen LogP contribution in [0.2, 0.25) is 0 Å². The molecule has 0 unspecified atom stereocenters. The summed E-state index contributed by atoms with van der Waals surface area (Å²) in [5.41, 5.74) is 3.94. The highest BCUT2D eigenvalue weighted by Gasteiger charge is 2.17. The minimum Gasteiger partial charge on any atom is -0.726 e. The summed E-state index contributed by atoms with van der Waals surface area (Å²) in [5, 5.41) is 22.0. The maximum absolute atomic E-state index is 9.22. The van der Waals surface area contributed by atoms with E-state index in [9.17, 15) is 13.0 Å². The molecule has 2 aromatic carbocycles. The second-order valence-electron chi connectivity index (χ2n) is 6.41. The maximum atomic E-state index is 9.22. The number of thiazole rings is 1. The second kappa shape index (κ2) is 11.8. The lowest BCUT2D eigenvalue weighted by Crippen LogP contribution is -2.25. The van der Waals surface area contributed by atoms with Gasteiger partial charge in [-0.05, 0) is 52.7 Å². The van der Waals surface area contributed by atoms with Gasteiger partial charge in [0, 0.05) is 12.6 Å². The Morgan fingerprint density at radius 1 is 1.19 bits per heavy atom. The molecule has 0 amide bonds. The van der Waals surface area contributed by atoms with Gasteiger partial charge in [-0.3, -0.25) is 4.18 Å². The predicted molar refractivity (Wildman–Crippen MR) is 122 cm³/mol. The Morgan fingerprint density at radius 2 is 1.91 bits per heavy atom. The number of ether oxygens (including phenoxy) is 1. The number of fused-ring (bicyclic) bond motifs is 1. The highest BCUT2D eigenvalue weighted by molar-refractivity contribution is 7.80. The van der Waals surface area contributed by atoms with Crippen molar-refractivity contribution in [3.05, 3.63) is 42.0 Å². The van der Waals surface area contributed by atoms with E-state index >= 15 is 0 Å². The highest BCUT2D eigenvalue weighted by Crippen LogP contribution is 2.32. The lowest BCUT2D eigenvalue weighted by atomic mass is 10.1. The van der Waals surface area contributed by atoms with Crippen LogP contribution in [0.3, 0.4) is 0 Å². The highest BCUT2D eigenvalue weighted by atomic mass is 32.3. The van der Waals surface area contributed by atoms with E-state index in [1.807, 2.05) is 41.9 Å². The van der Waals surface area contributed by atoms with Gasteiger partial charge in [0.2, 0.25) is 10.4 Å². The molecule has 32 heavy (non-hydrogen) atoms. The zero-order valence-electron chi connectivity index (χ0n) is 18.2. The Kier molecular flexibility index (Phi) is 9.47. The molecule has 0 bridgehead atoms. The summed E-state index contributed by atoms with van der Waals surface area (Å²) in [4.78, 5) is 0. The average Bonchev–Trinajstić information content (AvgIpc) is 3.11. The Hall–Kier alpha value is -2.64. The molecular weight excluding hydrogens is 456 g/mol. The van der Waals surface area contributed by atoms with E-state index in [1.165, 1.54) is 5.56 Å². The van der Waals surface area contributed by atoms with Crippen LogP contribution < -0.4 is 14.6 Å². The largest absolute Gasteiger partial charge is 0.726 e. The first kappa shape index (κ1) is 25.6. The van der Waals surface area contributed by atoms with Crippen LogP contribution in [0.15, 0.2) is 46.6 Å². The fraction of sp³-hybridized carbons (Fsp3) is 0.350. The van der Waals surface area contributed by atoms with Crippen LogP contribution in [0.5, 0.6) is 5.75 Å². The van der Waals surface area contributed by atoms with Crippen molar-refractivity contribution < 1.29 is 31.6 Å². The van der Waals surface area contributed by atoms with Crippen LogP contribution >= 0.6 is 11.3 Å². The molecule has 0 aliphatic carbocycles. The van der Waals surface area contributed by atoms with E-state index in [2.05, 4.69) is 32.7 Å². The third kappa shape index (κ3) is 7.21. The number of nitrogens with zero attached hydrogens (tertiary/aromatic N) is 3. The van der Waals surface area contributed by atoms with Crippen molar-refractivity contribution in [1.82, 2.24) is 0 Å². The summed E-state index contributed by atoms with van der Waals surface area (Å²) in [6.45, 7) is 2.66.